The third-order valence-corrected chi connectivity index (χ3v) is 3.51. The summed E-state index contributed by atoms with van der Waals surface area (Å²) >= 11 is 0. The Morgan fingerprint density at radius 1 is 1.33 bits per heavy atom. The molecule has 0 unspecified atom stereocenters. The number of nitrogens with one attached hydrogen (secondary N) is 2. The molecule has 1 aliphatic rings. The zero-order valence-corrected chi connectivity index (χ0v) is 11.7. The Morgan fingerprint density at radius 2 is 2.00 bits per heavy atom. The van der Waals surface area contributed by atoms with Crippen molar-refractivity contribution in [1.29, 1.82) is 0 Å². The summed E-state index contributed by atoms with van der Waals surface area (Å²) in [4.78, 5) is 25.1. The minimum absolute atomic E-state index is 0.0647. The Morgan fingerprint density at radius 3 is 2.62 bits per heavy atom. The van der Waals surface area contributed by atoms with Crippen molar-refractivity contribution in [3.63, 3.8) is 0 Å². The van der Waals surface area contributed by atoms with E-state index >= 15 is 0 Å². The molecule has 1 aliphatic heterocycles. The lowest BCUT2D eigenvalue weighted by molar-refractivity contribution is 0.0697. The molecule has 7 heteroatoms. The number of hydrogen-bond acceptors (Lipinski definition) is 3. The Balaban J connectivity index is 1.98. The quantitative estimate of drug-likeness (QED) is 0.793. The maximum Gasteiger partial charge on any atom is 0.337 e. The predicted octanol–water partition coefficient (Wildman–Crippen LogP) is 1.74. The van der Waals surface area contributed by atoms with Crippen LogP contribution in [0.4, 0.5) is 14.9 Å². The Hall–Kier alpha value is -2.15. The van der Waals surface area contributed by atoms with Gasteiger partial charge in [0.15, 0.2) is 0 Å². The van der Waals surface area contributed by atoms with Gasteiger partial charge in [0.1, 0.15) is 5.82 Å². The van der Waals surface area contributed by atoms with Gasteiger partial charge in [0.25, 0.3) is 0 Å². The topological polar surface area (TPSA) is 81.7 Å². The van der Waals surface area contributed by atoms with Crippen molar-refractivity contribution in [2.45, 2.75) is 18.9 Å². The standard InChI is InChI=1S/C14H18FN3O3/c1-18-6-4-10(5-7-18)16-14(21)17-12-3-2-9(15)8-11(12)13(19)20/h2-3,8,10H,4-7H2,1H3,(H,19,20)(H2,16,17,21). The Labute approximate surface area is 121 Å². The fourth-order valence-corrected chi connectivity index (χ4v) is 2.30. The van der Waals surface area contributed by atoms with Crippen LogP contribution in [0.5, 0.6) is 0 Å². The van der Waals surface area contributed by atoms with E-state index in [1.165, 1.54) is 6.07 Å². The molecule has 1 heterocycles. The molecule has 21 heavy (non-hydrogen) atoms. The van der Waals surface area contributed by atoms with E-state index in [2.05, 4.69) is 15.5 Å². The van der Waals surface area contributed by atoms with E-state index in [0.717, 1.165) is 38.1 Å². The normalized spacial score (nSPS) is 16.5. The van der Waals surface area contributed by atoms with Gasteiger partial charge in [0.2, 0.25) is 0 Å². The maximum absolute atomic E-state index is 13.1. The fourth-order valence-electron chi connectivity index (χ4n) is 2.30. The summed E-state index contributed by atoms with van der Waals surface area (Å²) in [6, 6.07) is 2.83. The van der Waals surface area contributed by atoms with Gasteiger partial charge in [-0.1, -0.05) is 0 Å². The van der Waals surface area contributed by atoms with Crippen molar-refractivity contribution in [2.24, 2.45) is 0 Å². The number of carboxylic acids is 1. The Kier molecular flexibility index (Phi) is 4.74. The highest BCUT2D eigenvalue weighted by Crippen LogP contribution is 2.17. The van der Waals surface area contributed by atoms with Crippen LogP contribution in [0.15, 0.2) is 18.2 Å². The SMILES string of the molecule is CN1CCC(NC(=O)Nc2ccc(F)cc2C(=O)O)CC1. The van der Waals surface area contributed by atoms with Crippen LogP contribution < -0.4 is 10.6 Å². The smallest absolute Gasteiger partial charge is 0.337 e. The maximum atomic E-state index is 13.1. The lowest BCUT2D eigenvalue weighted by Gasteiger charge is -2.29. The monoisotopic (exact) mass is 295 g/mol. The van der Waals surface area contributed by atoms with Gasteiger partial charge >= 0.3 is 12.0 Å². The number of amides is 2. The number of rotatable bonds is 3. The average Bonchev–Trinajstić information content (AvgIpc) is 2.43. The van der Waals surface area contributed by atoms with E-state index in [1.807, 2.05) is 7.05 Å². The number of anilines is 1. The first-order valence-electron chi connectivity index (χ1n) is 6.74. The zero-order valence-electron chi connectivity index (χ0n) is 11.7. The van der Waals surface area contributed by atoms with Gasteiger partial charge in [-0.2, -0.15) is 0 Å². The van der Waals surface area contributed by atoms with Gasteiger partial charge in [-0.15, -0.1) is 0 Å². The van der Waals surface area contributed by atoms with Crippen LogP contribution >= 0.6 is 0 Å². The summed E-state index contributed by atoms with van der Waals surface area (Å²) in [5.41, 5.74) is -0.192. The summed E-state index contributed by atoms with van der Waals surface area (Å²) in [5, 5.41) is 14.3. The summed E-state index contributed by atoms with van der Waals surface area (Å²) in [6.07, 6.45) is 1.69. The van der Waals surface area contributed by atoms with Gasteiger partial charge in [0.05, 0.1) is 11.3 Å². The van der Waals surface area contributed by atoms with Gasteiger partial charge in [-0.3, -0.25) is 0 Å². The zero-order chi connectivity index (χ0) is 15.4. The van der Waals surface area contributed by atoms with Crippen LogP contribution in [0.2, 0.25) is 0 Å². The molecule has 3 N–H and O–H groups in total. The number of aromatic carboxylic acids is 1. The predicted molar refractivity (Wildman–Crippen MR) is 76.0 cm³/mol. The second-order valence-electron chi connectivity index (χ2n) is 5.17. The number of likely N-dealkylation sites (tertiary alicyclic amines) is 1. The molecule has 0 saturated carbocycles. The number of carbonyl (C=O) groups is 2. The van der Waals surface area contributed by atoms with Crippen molar-refractivity contribution in [3.05, 3.63) is 29.6 Å². The molecule has 1 aromatic rings. The molecule has 1 saturated heterocycles. The number of nitrogens with zero attached hydrogens (tertiary/aromatic N) is 1. The van der Waals surface area contributed by atoms with E-state index < -0.39 is 17.8 Å². The first-order valence-corrected chi connectivity index (χ1v) is 6.74. The lowest BCUT2D eigenvalue weighted by Crippen LogP contribution is -2.45. The first-order chi connectivity index (χ1) is 9.95. The van der Waals surface area contributed by atoms with E-state index in [-0.39, 0.29) is 17.3 Å². The third-order valence-electron chi connectivity index (χ3n) is 3.51. The van der Waals surface area contributed by atoms with E-state index in [0.29, 0.717) is 0 Å². The second kappa shape index (κ2) is 6.53. The van der Waals surface area contributed by atoms with Crippen LogP contribution in [0.1, 0.15) is 23.2 Å². The number of carboxylic acid groups (broad SMARTS) is 1. The van der Waals surface area contributed by atoms with Crippen molar-refractivity contribution in [2.75, 3.05) is 25.5 Å². The van der Waals surface area contributed by atoms with Crippen molar-refractivity contribution in [1.82, 2.24) is 10.2 Å². The van der Waals surface area contributed by atoms with Crippen LogP contribution in [-0.2, 0) is 0 Å². The summed E-state index contributed by atoms with van der Waals surface area (Å²) in [7, 11) is 2.02. The summed E-state index contributed by atoms with van der Waals surface area (Å²) < 4.78 is 13.1. The van der Waals surface area contributed by atoms with E-state index in [9.17, 15) is 14.0 Å². The van der Waals surface area contributed by atoms with Gasteiger partial charge in [-0.05, 0) is 51.2 Å². The highest BCUT2D eigenvalue weighted by Gasteiger charge is 2.19. The molecule has 0 aromatic heterocycles. The van der Waals surface area contributed by atoms with E-state index in [4.69, 9.17) is 5.11 Å². The van der Waals surface area contributed by atoms with Crippen molar-refractivity contribution in [3.8, 4) is 0 Å². The molecule has 1 fully saturated rings. The Bertz CT molecular complexity index is 542. The fraction of sp³-hybridized carbons (Fsp3) is 0.429. The lowest BCUT2D eigenvalue weighted by atomic mass is 10.1. The van der Waals surface area contributed by atoms with Gasteiger partial charge < -0.3 is 20.6 Å². The number of urea groups is 1. The first kappa shape index (κ1) is 15.2. The molecule has 2 rings (SSSR count). The molecule has 0 radical (unpaired) electrons. The number of hydrogen-bond donors (Lipinski definition) is 3. The van der Waals surface area contributed by atoms with Gasteiger partial charge in [-0.25, -0.2) is 14.0 Å². The second-order valence-corrected chi connectivity index (χ2v) is 5.17. The highest BCUT2D eigenvalue weighted by molar-refractivity contribution is 6.00. The minimum atomic E-state index is -1.29. The summed E-state index contributed by atoms with van der Waals surface area (Å²) in [5.74, 6) is -1.95. The molecular formula is C14H18FN3O3. The molecule has 6 nitrogen and oxygen atoms in total. The average molecular weight is 295 g/mol. The largest absolute Gasteiger partial charge is 0.478 e. The molecule has 0 aliphatic carbocycles. The van der Waals surface area contributed by atoms with Crippen LogP contribution in [0.3, 0.4) is 0 Å². The summed E-state index contributed by atoms with van der Waals surface area (Å²) in [6.45, 7) is 1.81. The number of halogens is 1. The number of piperidine rings is 1. The molecule has 0 spiro atoms. The molecule has 114 valence electrons. The highest BCUT2D eigenvalue weighted by atomic mass is 19.1. The van der Waals surface area contributed by atoms with Crippen LogP contribution in [-0.4, -0.2) is 48.2 Å². The van der Waals surface area contributed by atoms with Gasteiger partial charge in [0, 0.05) is 6.04 Å². The molecule has 0 atom stereocenters. The minimum Gasteiger partial charge on any atom is -0.478 e. The number of carbonyl (C=O) groups excluding carboxylic acids is 1. The molecular weight excluding hydrogens is 277 g/mol. The molecule has 1 aromatic carbocycles. The molecule has 0 bridgehead atoms. The van der Waals surface area contributed by atoms with Crippen molar-refractivity contribution < 1.29 is 19.1 Å². The van der Waals surface area contributed by atoms with Crippen LogP contribution in [0.25, 0.3) is 0 Å². The number of benzene rings is 1. The third kappa shape index (κ3) is 4.16. The van der Waals surface area contributed by atoms with Crippen LogP contribution in [0, 0.1) is 5.82 Å². The van der Waals surface area contributed by atoms with Crippen molar-refractivity contribution >= 4 is 17.7 Å². The molecule has 2 amide bonds. The van der Waals surface area contributed by atoms with E-state index in [1.54, 1.807) is 0 Å².